The van der Waals surface area contributed by atoms with Crippen LogP contribution in [-0.2, 0) is 11.1 Å². The van der Waals surface area contributed by atoms with Gasteiger partial charge in [-0.1, -0.05) is 0 Å². The number of hydrogen-bond acceptors (Lipinski definition) is 2. The Hall–Kier alpha value is -0.140. The highest BCUT2D eigenvalue weighted by Gasteiger charge is 2.78. The summed E-state index contributed by atoms with van der Waals surface area (Å²) in [6, 6.07) is -3.84. The first-order valence-corrected chi connectivity index (χ1v) is 2.98. The molecule has 1 heterocycles. The van der Waals surface area contributed by atoms with Crippen LogP contribution in [0, 0.1) is 0 Å². The summed E-state index contributed by atoms with van der Waals surface area (Å²) in [4.78, 5) is 0. The summed E-state index contributed by atoms with van der Waals surface area (Å²) in [7, 11) is 0. The molecule has 3 nitrogen and oxygen atoms in total. The van der Waals surface area contributed by atoms with Crippen molar-refractivity contribution in [2.24, 2.45) is 0 Å². The van der Waals surface area contributed by atoms with Gasteiger partial charge >= 0.3 is 11.2 Å². The molecule has 1 fully saturated rings. The Labute approximate surface area is 50.5 Å². The number of rotatable bonds is 1. The third-order valence-electron chi connectivity index (χ3n) is 0.900. The summed E-state index contributed by atoms with van der Waals surface area (Å²) in [5.74, 6) is 0. The summed E-state index contributed by atoms with van der Waals surface area (Å²) >= 11 is -3.17. The summed E-state index contributed by atoms with van der Waals surface area (Å²) < 4.78 is 52.7. The summed E-state index contributed by atoms with van der Waals surface area (Å²) in [5.41, 5.74) is 0. The molecule has 1 saturated heterocycles. The van der Waals surface area contributed by atoms with Crippen molar-refractivity contribution in [2.75, 3.05) is 0 Å². The summed E-state index contributed by atoms with van der Waals surface area (Å²) in [6.07, 6.45) is 0. The number of nitrogens with one attached hydrogen (secondary N) is 1. The van der Waals surface area contributed by atoms with Gasteiger partial charge in [-0.15, -0.1) is 0 Å². The average Bonchev–Trinajstić information content (AvgIpc) is 2.08. The minimum atomic E-state index is -3.84. The lowest BCUT2D eigenvalue weighted by Crippen LogP contribution is -2.18. The molecule has 2 atom stereocenters. The van der Waals surface area contributed by atoms with Crippen molar-refractivity contribution < 1.29 is 21.9 Å². The van der Waals surface area contributed by atoms with E-state index in [1.807, 2.05) is 0 Å². The van der Waals surface area contributed by atoms with Gasteiger partial charge in [-0.25, -0.2) is 9.53 Å². The molecule has 54 valence electrons. The quantitative estimate of drug-likeness (QED) is 0.324. The molecule has 1 rings (SSSR count). The third kappa shape index (κ3) is 0.759. The van der Waals surface area contributed by atoms with Crippen LogP contribution >= 0.6 is 0 Å². The Bertz CT molecular complexity index is 173. The monoisotopic (exact) mass is 161 g/mol. The molecule has 0 spiro atoms. The van der Waals surface area contributed by atoms with Crippen LogP contribution in [0.4, 0.5) is 13.2 Å². The van der Waals surface area contributed by atoms with Crippen molar-refractivity contribution in [2.45, 2.75) is 11.2 Å². The van der Waals surface area contributed by atoms with Gasteiger partial charge < -0.3 is 4.55 Å². The van der Waals surface area contributed by atoms with Crippen LogP contribution in [0.15, 0.2) is 0 Å². The molecule has 0 aromatic carbocycles. The standard InChI is InChI=1S/C2H2F3NO2S/c3-1(4)2(5,6-1)9(7)8/h6H,(H,7,8). The van der Waals surface area contributed by atoms with E-state index in [-0.39, 0.29) is 0 Å². The topological polar surface area (TPSA) is 59.2 Å². The highest BCUT2D eigenvalue weighted by Crippen LogP contribution is 2.44. The van der Waals surface area contributed by atoms with Crippen LogP contribution in [0.2, 0.25) is 0 Å². The van der Waals surface area contributed by atoms with Crippen LogP contribution < -0.4 is 5.32 Å². The fourth-order valence-electron chi connectivity index (χ4n) is 0.324. The lowest BCUT2D eigenvalue weighted by molar-refractivity contribution is 0.0689. The second-order valence-electron chi connectivity index (χ2n) is 1.54. The second-order valence-corrected chi connectivity index (χ2v) is 2.60. The molecule has 0 bridgehead atoms. The van der Waals surface area contributed by atoms with Gasteiger partial charge in [0.2, 0.25) is 11.1 Å². The molecule has 0 radical (unpaired) electrons. The minimum absolute atomic E-state index is 0.934. The summed E-state index contributed by atoms with van der Waals surface area (Å²) in [6.45, 7) is 0. The van der Waals surface area contributed by atoms with E-state index in [4.69, 9.17) is 4.55 Å². The zero-order valence-electron chi connectivity index (χ0n) is 3.90. The Morgan fingerprint density at radius 2 is 1.78 bits per heavy atom. The van der Waals surface area contributed by atoms with Crippen molar-refractivity contribution in [1.82, 2.24) is 5.32 Å². The average molecular weight is 161 g/mol. The Morgan fingerprint density at radius 1 is 1.44 bits per heavy atom. The Kier molecular flexibility index (Phi) is 1.14. The van der Waals surface area contributed by atoms with E-state index in [1.165, 1.54) is 0 Å². The van der Waals surface area contributed by atoms with Gasteiger partial charge in [-0.05, 0) is 0 Å². The molecule has 0 aliphatic carbocycles. The zero-order chi connectivity index (χ0) is 7.28. The molecule has 0 saturated carbocycles. The first-order chi connectivity index (χ1) is 3.90. The van der Waals surface area contributed by atoms with Crippen molar-refractivity contribution in [3.63, 3.8) is 0 Å². The predicted molar refractivity (Wildman–Crippen MR) is 22.7 cm³/mol. The molecular weight excluding hydrogens is 159 g/mol. The highest BCUT2D eigenvalue weighted by molar-refractivity contribution is 7.80. The molecule has 2 N–H and O–H groups in total. The molecule has 2 unspecified atom stereocenters. The van der Waals surface area contributed by atoms with Gasteiger partial charge in [0.15, 0.2) is 0 Å². The van der Waals surface area contributed by atoms with Gasteiger partial charge in [0, 0.05) is 0 Å². The number of halogens is 3. The molecule has 1 aliphatic heterocycles. The van der Waals surface area contributed by atoms with Crippen LogP contribution in [0.25, 0.3) is 0 Å². The molecule has 0 aromatic heterocycles. The number of alkyl halides is 3. The second kappa shape index (κ2) is 1.47. The van der Waals surface area contributed by atoms with Crippen LogP contribution in [0.1, 0.15) is 0 Å². The Morgan fingerprint density at radius 3 is 1.78 bits per heavy atom. The molecule has 0 aromatic rings. The van der Waals surface area contributed by atoms with E-state index < -0.39 is 22.3 Å². The van der Waals surface area contributed by atoms with Crippen molar-refractivity contribution in [3.8, 4) is 0 Å². The number of hydrogen-bond donors (Lipinski definition) is 2. The lowest BCUT2D eigenvalue weighted by Gasteiger charge is -1.93. The molecular formula is C2H2F3NO2S. The fourth-order valence-corrected chi connectivity index (χ4v) is 0.759. The van der Waals surface area contributed by atoms with Crippen LogP contribution in [0.5, 0.6) is 0 Å². The van der Waals surface area contributed by atoms with E-state index in [1.54, 1.807) is 0 Å². The van der Waals surface area contributed by atoms with E-state index >= 15 is 0 Å². The van der Waals surface area contributed by atoms with Crippen LogP contribution in [-0.4, -0.2) is 19.9 Å². The van der Waals surface area contributed by atoms with Crippen molar-refractivity contribution in [3.05, 3.63) is 0 Å². The van der Waals surface area contributed by atoms with E-state index in [0.717, 1.165) is 5.32 Å². The van der Waals surface area contributed by atoms with E-state index in [0.29, 0.717) is 0 Å². The third-order valence-corrected chi connectivity index (χ3v) is 1.74. The van der Waals surface area contributed by atoms with Crippen molar-refractivity contribution in [1.29, 1.82) is 0 Å². The van der Waals surface area contributed by atoms with Crippen LogP contribution in [0.3, 0.4) is 0 Å². The maximum atomic E-state index is 12.0. The maximum absolute atomic E-state index is 12.0. The molecule has 1 aliphatic rings. The first kappa shape index (κ1) is 6.97. The largest absolute Gasteiger partial charge is 0.367 e. The van der Waals surface area contributed by atoms with E-state index in [2.05, 4.69) is 0 Å². The van der Waals surface area contributed by atoms with E-state index in [9.17, 15) is 17.4 Å². The van der Waals surface area contributed by atoms with Gasteiger partial charge in [0.1, 0.15) is 0 Å². The minimum Gasteiger partial charge on any atom is -0.302 e. The molecule has 7 heteroatoms. The normalized spacial score (nSPS) is 42.2. The first-order valence-electron chi connectivity index (χ1n) is 1.87. The van der Waals surface area contributed by atoms with Gasteiger partial charge in [-0.3, -0.25) is 0 Å². The van der Waals surface area contributed by atoms with Gasteiger partial charge in [-0.2, -0.15) is 13.2 Å². The SMILES string of the molecule is O=S(O)C1(F)NC1(F)F. The fraction of sp³-hybridized carbons (Fsp3) is 1.00. The smallest absolute Gasteiger partial charge is 0.302 e. The zero-order valence-corrected chi connectivity index (χ0v) is 4.71. The highest BCUT2D eigenvalue weighted by atomic mass is 32.2. The Balaban J connectivity index is 2.74. The molecule has 9 heavy (non-hydrogen) atoms. The predicted octanol–water partition coefficient (Wildman–Crippen LogP) is 0.0274. The van der Waals surface area contributed by atoms with Gasteiger partial charge in [0.25, 0.3) is 0 Å². The molecule has 0 amide bonds. The lowest BCUT2D eigenvalue weighted by atomic mass is 10.8. The van der Waals surface area contributed by atoms with Crippen molar-refractivity contribution >= 4 is 11.1 Å². The maximum Gasteiger partial charge on any atom is 0.367 e. The summed E-state index contributed by atoms with van der Waals surface area (Å²) in [5, 5.41) is -2.48. The van der Waals surface area contributed by atoms with Gasteiger partial charge in [0.05, 0.1) is 0 Å².